The maximum Gasteiger partial charge on any atom is 0.573 e. The van der Waals surface area contributed by atoms with Crippen LogP contribution in [0.4, 0.5) is 13.2 Å². The molecule has 212 valence electrons. The molecular weight excluding hydrogens is 497 g/mol. The summed E-state index contributed by atoms with van der Waals surface area (Å²) in [6.07, 6.45) is 2.61. The quantitative estimate of drug-likeness (QED) is 0.501. The highest BCUT2D eigenvalue weighted by atomic mass is 19.4. The fourth-order valence-electron chi connectivity index (χ4n) is 6.89. The summed E-state index contributed by atoms with van der Waals surface area (Å²) in [5.41, 5.74) is 5.24. The van der Waals surface area contributed by atoms with Gasteiger partial charge in [0.05, 0.1) is 5.92 Å². The molecule has 1 unspecified atom stereocenters. The number of fused-ring (bicyclic) bond motifs is 1. The first kappa shape index (κ1) is 28.7. The Balaban J connectivity index is 1.47. The van der Waals surface area contributed by atoms with Crippen molar-refractivity contribution < 1.29 is 27.5 Å². The largest absolute Gasteiger partial charge is 0.573 e. The number of halogens is 3. The number of piperidine rings is 1. The molecule has 2 saturated heterocycles. The van der Waals surface area contributed by atoms with Gasteiger partial charge >= 0.3 is 6.36 Å². The van der Waals surface area contributed by atoms with E-state index in [-0.39, 0.29) is 23.6 Å². The smallest absolute Gasteiger partial charge is 0.406 e. The summed E-state index contributed by atoms with van der Waals surface area (Å²) in [6.45, 7) is 4.50. The van der Waals surface area contributed by atoms with E-state index in [1.165, 1.54) is 12.1 Å². The number of nitrogens with two attached hydrogens (primary N) is 1. The Bertz CT molecular complexity index is 984. The molecule has 38 heavy (non-hydrogen) atoms. The fraction of sp³-hybridized carbons (Fsp3) is 0.714. The predicted octanol–water partition coefficient (Wildman–Crippen LogP) is 3.71. The number of ether oxygens (including phenoxy) is 1. The standard InChI is InChI=1S/C28H41F3N4O3/c1-27(33-2,26(32)37)24(21-9-4-3-5-10-21)25(36)35-17-14-19-12-15-34(18-22(19)35)16-13-20-8-6-7-11-23(20)38-28(29,30)31/h6-8,11,19,21-22,24,33H,3-5,9-10,12-18H2,1-2H3,(H2,32,37)/t19-,22-,24-,27?/m1/s1. The van der Waals surface area contributed by atoms with Gasteiger partial charge in [0.1, 0.15) is 11.3 Å². The first-order valence-corrected chi connectivity index (χ1v) is 13.9. The van der Waals surface area contributed by atoms with E-state index in [0.717, 1.165) is 51.5 Å². The number of likely N-dealkylation sites (tertiary alicyclic amines) is 2. The molecule has 1 saturated carbocycles. The van der Waals surface area contributed by atoms with Crippen LogP contribution in [0.2, 0.25) is 0 Å². The molecule has 2 aliphatic heterocycles. The third-order valence-electron chi connectivity index (χ3n) is 9.17. The lowest BCUT2D eigenvalue weighted by atomic mass is 9.69. The minimum Gasteiger partial charge on any atom is -0.406 e. The number of benzene rings is 1. The van der Waals surface area contributed by atoms with Crippen molar-refractivity contribution in [1.29, 1.82) is 0 Å². The van der Waals surface area contributed by atoms with E-state index in [9.17, 15) is 22.8 Å². The van der Waals surface area contributed by atoms with Crippen LogP contribution in [0.1, 0.15) is 57.4 Å². The average molecular weight is 539 g/mol. The number of para-hydroxylation sites is 1. The van der Waals surface area contributed by atoms with Gasteiger partial charge in [-0.3, -0.25) is 9.59 Å². The molecule has 1 aromatic carbocycles. The molecule has 3 aliphatic rings. The average Bonchev–Trinajstić information content (AvgIpc) is 3.31. The summed E-state index contributed by atoms with van der Waals surface area (Å²) in [4.78, 5) is 31.1. The second-order valence-corrected chi connectivity index (χ2v) is 11.3. The van der Waals surface area contributed by atoms with Crippen LogP contribution in [0.3, 0.4) is 0 Å². The van der Waals surface area contributed by atoms with Crippen LogP contribution >= 0.6 is 0 Å². The molecule has 7 nitrogen and oxygen atoms in total. The van der Waals surface area contributed by atoms with E-state index < -0.39 is 23.7 Å². The van der Waals surface area contributed by atoms with Gasteiger partial charge in [0.2, 0.25) is 11.8 Å². The number of carbonyl (C=O) groups is 2. The zero-order valence-corrected chi connectivity index (χ0v) is 22.4. The lowest BCUT2D eigenvalue weighted by Gasteiger charge is -2.44. The number of nitrogens with zero attached hydrogens (tertiary/aromatic N) is 2. The summed E-state index contributed by atoms with van der Waals surface area (Å²) in [7, 11) is 1.70. The third kappa shape index (κ3) is 6.28. The minimum absolute atomic E-state index is 0.00539. The number of likely N-dealkylation sites (N-methyl/N-ethyl adjacent to an activating group) is 1. The molecule has 4 rings (SSSR count). The molecule has 0 radical (unpaired) electrons. The molecule has 10 heteroatoms. The maximum atomic E-state index is 14.2. The number of hydrogen-bond acceptors (Lipinski definition) is 5. The van der Waals surface area contributed by atoms with E-state index in [1.54, 1.807) is 26.1 Å². The van der Waals surface area contributed by atoms with Gasteiger partial charge in [-0.15, -0.1) is 13.2 Å². The van der Waals surface area contributed by atoms with Gasteiger partial charge < -0.3 is 25.6 Å². The molecule has 2 amide bonds. The Morgan fingerprint density at radius 1 is 1.11 bits per heavy atom. The maximum absolute atomic E-state index is 14.2. The zero-order valence-electron chi connectivity index (χ0n) is 22.4. The van der Waals surface area contributed by atoms with Crippen LogP contribution in [0.25, 0.3) is 0 Å². The van der Waals surface area contributed by atoms with Crippen molar-refractivity contribution in [3.8, 4) is 5.75 Å². The second-order valence-electron chi connectivity index (χ2n) is 11.3. The normalized spacial score (nSPS) is 25.4. The number of rotatable bonds is 9. The third-order valence-corrected chi connectivity index (χ3v) is 9.17. The molecule has 1 aliphatic carbocycles. The lowest BCUT2D eigenvalue weighted by molar-refractivity contribution is -0.274. The van der Waals surface area contributed by atoms with E-state index >= 15 is 0 Å². The lowest BCUT2D eigenvalue weighted by Crippen LogP contribution is -2.64. The molecule has 2 heterocycles. The summed E-state index contributed by atoms with van der Waals surface area (Å²) in [5, 5.41) is 3.10. The topological polar surface area (TPSA) is 87.9 Å². The van der Waals surface area contributed by atoms with Gasteiger partial charge in [-0.25, -0.2) is 0 Å². The predicted molar refractivity (Wildman–Crippen MR) is 138 cm³/mol. The summed E-state index contributed by atoms with van der Waals surface area (Å²) in [6, 6.07) is 6.28. The van der Waals surface area contributed by atoms with E-state index in [1.807, 2.05) is 4.90 Å². The number of amides is 2. The molecule has 0 aromatic heterocycles. The first-order valence-electron chi connectivity index (χ1n) is 13.9. The SMILES string of the molecule is CNC(C)(C(N)=O)[C@@H](C(=O)N1CC[C@H]2CCN(CCc3ccccc3OC(F)(F)F)C[C@H]21)C1CCCCC1. The van der Waals surface area contributed by atoms with Crippen molar-refractivity contribution in [3.63, 3.8) is 0 Å². The van der Waals surface area contributed by atoms with Crippen LogP contribution in [0.5, 0.6) is 5.75 Å². The summed E-state index contributed by atoms with van der Waals surface area (Å²) >= 11 is 0. The molecule has 3 N–H and O–H groups in total. The Morgan fingerprint density at radius 2 is 1.79 bits per heavy atom. The second kappa shape index (κ2) is 11.8. The van der Waals surface area contributed by atoms with Crippen molar-refractivity contribution in [2.45, 2.75) is 76.2 Å². The first-order chi connectivity index (χ1) is 18.0. The van der Waals surface area contributed by atoms with Gasteiger partial charge in [-0.1, -0.05) is 37.5 Å². The summed E-state index contributed by atoms with van der Waals surface area (Å²) < 4.78 is 42.7. The highest BCUT2D eigenvalue weighted by Gasteiger charge is 2.51. The van der Waals surface area contributed by atoms with Gasteiger partial charge in [0, 0.05) is 25.7 Å². The number of alkyl halides is 3. The number of primary amides is 1. The fourth-order valence-corrected chi connectivity index (χ4v) is 6.89. The van der Waals surface area contributed by atoms with Gasteiger partial charge in [0.25, 0.3) is 0 Å². The van der Waals surface area contributed by atoms with Crippen molar-refractivity contribution in [1.82, 2.24) is 15.1 Å². The van der Waals surface area contributed by atoms with Crippen LogP contribution in [0.15, 0.2) is 24.3 Å². The van der Waals surface area contributed by atoms with E-state index in [0.29, 0.717) is 37.5 Å². The Morgan fingerprint density at radius 3 is 2.45 bits per heavy atom. The monoisotopic (exact) mass is 538 g/mol. The number of nitrogens with one attached hydrogen (secondary N) is 1. The van der Waals surface area contributed by atoms with Crippen LogP contribution in [-0.2, 0) is 16.0 Å². The number of hydrogen-bond donors (Lipinski definition) is 2. The van der Waals surface area contributed by atoms with Crippen molar-refractivity contribution >= 4 is 11.8 Å². The summed E-state index contributed by atoms with van der Waals surface area (Å²) in [5.74, 6) is -0.704. The van der Waals surface area contributed by atoms with Gasteiger partial charge in [0.15, 0.2) is 0 Å². The molecule has 1 aromatic rings. The molecule has 4 atom stereocenters. The van der Waals surface area contributed by atoms with E-state index in [2.05, 4.69) is 15.0 Å². The molecule has 3 fully saturated rings. The minimum atomic E-state index is -4.74. The molecule has 0 spiro atoms. The Hall–Kier alpha value is -2.33. The van der Waals surface area contributed by atoms with Crippen molar-refractivity contribution in [2.24, 2.45) is 23.5 Å². The van der Waals surface area contributed by atoms with Crippen LogP contribution in [-0.4, -0.2) is 72.8 Å². The Kier molecular flexibility index (Phi) is 8.92. The Labute approximate surface area is 223 Å². The van der Waals surface area contributed by atoms with Crippen LogP contribution in [0, 0.1) is 17.8 Å². The molecule has 0 bridgehead atoms. The van der Waals surface area contributed by atoms with Gasteiger partial charge in [-0.05, 0) is 76.1 Å². The van der Waals surface area contributed by atoms with E-state index in [4.69, 9.17) is 5.73 Å². The molecular formula is C28H41F3N4O3. The highest BCUT2D eigenvalue weighted by molar-refractivity contribution is 5.93. The number of carbonyl (C=O) groups excluding carboxylic acids is 2. The highest BCUT2D eigenvalue weighted by Crippen LogP contribution is 2.40. The van der Waals surface area contributed by atoms with Crippen molar-refractivity contribution in [2.75, 3.05) is 33.2 Å². The van der Waals surface area contributed by atoms with Crippen molar-refractivity contribution in [3.05, 3.63) is 29.8 Å². The van der Waals surface area contributed by atoms with Gasteiger partial charge in [-0.2, -0.15) is 0 Å². The zero-order chi connectivity index (χ0) is 27.5. The van der Waals surface area contributed by atoms with Crippen LogP contribution < -0.4 is 15.8 Å².